The van der Waals surface area contributed by atoms with Crippen LogP contribution in [0.3, 0.4) is 0 Å². The number of ketones is 1. The molecule has 2 atom stereocenters. The molecule has 8 nitrogen and oxygen atoms in total. The van der Waals surface area contributed by atoms with Crippen LogP contribution < -0.4 is 5.43 Å². The quantitative estimate of drug-likeness (QED) is 0.307. The number of aliphatic hydroxyl groups excluding tert-OH is 1. The van der Waals surface area contributed by atoms with Crippen molar-refractivity contribution >= 4 is 22.4 Å². The summed E-state index contributed by atoms with van der Waals surface area (Å²) in [6, 6.07) is 16.2. The Morgan fingerprint density at radius 1 is 1.21 bits per heavy atom. The number of rotatable bonds is 6. The third-order valence-electron chi connectivity index (χ3n) is 5.43. The molecule has 2 aromatic carbocycles. The molecule has 0 saturated heterocycles. The zero-order chi connectivity index (χ0) is 23.5. The number of para-hydroxylation sites is 1. The fraction of sp³-hybridized carbons (Fsp3) is 0.120. The van der Waals surface area contributed by atoms with Crippen molar-refractivity contribution in [3.05, 3.63) is 105 Å². The molecule has 0 aliphatic carbocycles. The van der Waals surface area contributed by atoms with E-state index < -0.39 is 35.4 Å². The number of aliphatic hydroxyl groups is 1. The molecule has 8 heteroatoms. The van der Waals surface area contributed by atoms with Gasteiger partial charge < -0.3 is 19.6 Å². The van der Waals surface area contributed by atoms with Crippen LogP contribution in [0.15, 0.2) is 70.0 Å². The standard InChI is InChI=1S/C25H17N3O5/c1-27-15-8-6-14(7-9-15)22(25-24(32)21(30)10-16(13-29)33-25)18(11-26)23(31)19-12-28-20-5-3-2-4-17(19)20/h2-10,12,18,22,28-29,32H,13H2. The van der Waals surface area contributed by atoms with E-state index in [1.807, 2.05) is 12.1 Å². The monoisotopic (exact) mass is 439 g/mol. The Hall–Kier alpha value is -4.66. The third kappa shape index (κ3) is 3.87. The van der Waals surface area contributed by atoms with E-state index in [-0.39, 0.29) is 17.1 Å². The highest BCUT2D eigenvalue weighted by Crippen LogP contribution is 2.39. The molecule has 3 N–H and O–H groups in total. The van der Waals surface area contributed by atoms with Crippen molar-refractivity contribution in [3.63, 3.8) is 0 Å². The normalized spacial score (nSPS) is 12.6. The van der Waals surface area contributed by atoms with Crippen molar-refractivity contribution in [1.29, 1.82) is 5.26 Å². The van der Waals surface area contributed by atoms with E-state index in [2.05, 4.69) is 9.83 Å². The van der Waals surface area contributed by atoms with Crippen molar-refractivity contribution in [3.8, 4) is 11.8 Å². The van der Waals surface area contributed by atoms with Gasteiger partial charge in [0.25, 0.3) is 0 Å². The minimum Gasteiger partial charge on any atom is -0.502 e. The van der Waals surface area contributed by atoms with E-state index in [1.54, 1.807) is 18.2 Å². The summed E-state index contributed by atoms with van der Waals surface area (Å²) in [5.74, 6) is -4.26. The molecule has 2 aromatic heterocycles. The molecule has 0 fully saturated rings. The van der Waals surface area contributed by atoms with Crippen LogP contribution in [0.5, 0.6) is 5.75 Å². The fourth-order valence-corrected chi connectivity index (χ4v) is 3.82. The maximum absolute atomic E-state index is 13.6. The van der Waals surface area contributed by atoms with Crippen LogP contribution in [0.25, 0.3) is 15.7 Å². The van der Waals surface area contributed by atoms with Gasteiger partial charge in [-0.05, 0) is 11.6 Å². The maximum atomic E-state index is 13.6. The number of aromatic nitrogens is 1. The van der Waals surface area contributed by atoms with Gasteiger partial charge in [0, 0.05) is 28.7 Å². The number of fused-ring (bicyclic) bond motifs is 1. The molecule has 0 spiro atoms. The Bertz CT molecular complexity index is 1490. The number of H-pyrrole nitrogens is 1. The maximum Gasteiger partial charge on any atom is 0.227 e. The molecular weight excluding hydrogens is 422 g/mol. The molecule has 0 radical (unpaired) electrons. The van der Waals surface area contributed by atoms with Crippen LogP contribution in [-0.2, 0) is 6.61 Å². The van der Waals surface area contributed by atoms with E-state index in [1.165, 1.54) is 30.5 Å². The van der Waals surface area contributed by atoms with Crippen molar-refractivity contribution in [2.24, 2.45) is 5.92 Å². The van der Waals surface area contributed by atoms with Gasteiger partial charge in [-0.15, -0.1) is 0 Å². The lowest BCUT2D eigenvalue weighted by Gasteiger charge is -2.22. The van der Waals surface area contributed by atoms with E-state index in [9.17, 15) is 25.1 Å². The minimum atomic E-state index is -1.38. The van der Waals surface area contributed by atoms with Gasteiger partial charge in [0.15, 0.2) is 17.2 Å². The van der Waals surface area contributed by atoms with Crippen LogP contribution >= 0.6 is 0 Å². The van der Waals surface area contributed by atoms with Crippen LogP contribution in [0.2, 0.25) is 0 Å². The first-order valence-corrected chi connectivity index (χ1v) is 9.92. The SMILES string of the molecule is [C-]#[N+]c1ccc(C(c2oc(CO)cc(=O)c2O)C(C#N)C(=O)c2c[nH]c3ccccc23)cc1. The number of nitrogens with one attached hydrogen (secondary N) is 1. The number of hydrogen-bond donors (Lipinski definition) is 3. The number of carbonyl (C=O) groups is 1. The predicted molar refractivity (Wildman–Crippen MR) is 119 cm³/mol. The van der Waals surface area contributed by atoms with Crippen LogP contribution in [0, 0.1) is 23.8 Å². The molecular formula is C25H17N3O5. The highest BCUT2D eigenvalue weighted by molar-refractivity contribution is 6.10. The van der Waals surface area contributed by atoms with Gasteiger partial charge in [-0.25, -0.2) is 4.85 Å². The van der Waals surface area contributed by atoms with E-state index >= 15 is 0 Å². The summed E-state index contributed by atoms with van der Waals surface area (Å²) >= 11 is 0. The van der Waals surface area contributed by atoms with Crippen LogP contribution in [0.4, 0.5) is 5.69 Å². The summed E-state index contributed by atoms with van der Waals surface area (Å²) in [5.41, 5.74) is 0.908. The first-order valence-electron chi connectivity index (χ1n) is 9.92. The second-order valence-electron chi connectivity index (χ2n) is 7.35. The summed E-state index contributed by atoms with van der Waals surface area (Å²) in [6.45, 7) is 6.54. The van der Waals surface area contributed by atoms with Crippen LogP contribution in [-0.4, -0.2) is 21.0 Å². The lowest BCUT2D eigenvalue weighted by molar-refractivity contribution is 0.0935. The van der Waals surface area contributed by atoms with Crippen molar-refractivity contribution in [2.45, 2.75) is 12.5 Å². The Morgan fingerprint density at radius 3 is 2.61 bits per heavy atom. The Kier molecular flexibility index (Phi) is 5.77. The minimum absolute atomic E-state index is 0.119. The lowest BCUT2D eigenvalue weighted by Crippen LogP contribution is -2.23. The number of aromatic amines is 1. The Morgan fingerprint density at radius 2 is 1.94 bits per heavy atom. The summed E-state index contributed by atoms with van der Waals surface area (Å²) in [5, 5.41) is 30.7. The fourth-order valence-electron chi connectivity index (χ4n) is 3.82. The molecule has 0 aliphatic heterocycles. The molecule has 162 valence electrons. The summed E-state index contributed by atoms with van der Waals surface area (Å²) < 4.78 is 5.58. The smallest absolute Gasteiger partial charge is 0.227 e. The molecule has 2 unspecified atom stereocenters. The topological polar surface area (TPSA) is 132 Å². The Balaban J connectivity index is 1.92. The van der Waals surface area contributed by atoms with Crippen molar-refractivity contribution in [2.75, 3.05) is 0 Å². The van der Waals surface area contributed by atoms with Gasteiger partial charge in [0.05, 0.1) is 18.6 Å². The predicted octanol–water partition coefficient (Wildman–Crippen LogP) is 4.02. The molecule has 0 amide bonds. The number of carbonyl (C=O) groups excluding carboxylic acids is 1. The second kappa shape index (κ2) is 8.83. The van der Waals surface area contributed by atoms with Gasteiger partial charge in [-0.2, -0.15) is 5.26 Å². The Labute approximate surface area is 187 Å². The molecule has 0 saturated carbocycles. The second-order valence-corrected chi connectivity index (χ2v) is 7.35. The zero-order valence-corrected chi connectivity index (χ0v) is 17.1. The van der Waals surface area contributed by atoms with Gasteiger partial charge in [0.2, 0.25) is 11.2 Å². The largest absolute Gasteiger partial charge is 0.502 e. The van der Waals surface area contributed by atoms with Gasteiger partial charge in [-0.1, -0.05) is 42.5 Å². The first-order chi connectivity index (χ1) is 16.0. The number of benzene rings is 2. The molecule has 0 bridgehead atoms. The van der Waals surface area contributed by atoms with Crippen molar-refractivity contribution in [1.82, 2.24) is 4.98 Å². The van der Waals surface area contributed by atoms with Gasteiger partial charge in [-0.3, -0.25) is 9.59 Å². The summed E-state index contributed by atoms with van der Waals surface area (Å²) in [6.07, 6.45) is 1.51. The highest BCUT2D eigenvalue weighted by Gasteiger charge is 2.37. The van der Waals surface area contributed by atoms with E-state index in [4.69, 9.17) is 11.0 Å². The first kappa shape index (κ1) is 21.6. The van der Waals surface area contributed by atoms with E-state index in [0.29, 0.717) is 22.2 Å². The van der Waals surface area contributed by atoms with Gasteiger partial charge >= 0.3 is 0 Å². The summed E-state index contributed by atoms with van der Waals surface area (Å²) in [4.78, 5) is 32.2. The van der Waals surface area contributed by atoms with Crippen LogP contribution in [0.1, 0.15) is 33.4 Å². The molecule has 4 rings (SSSR count). The summed E-state index contributed by atoms with van der Waals surface area (Å²) in [7, 11) is 0. The number of aromatic hydroxyl groups is 1. The number of nitriles is 1. The highest BCUT2D eigenvalue weighted by atomic mass is 16.4. The molecule has 4 aromatic rings. The van der Waals surface area contributed by atoms with Crippen molar-refractivity contribution < 1.29 is 19.4 Å². The molecule has 0 aliphatic rings. The average molecular weight is 439 g/mol. The third-order valence-corrected chi connectivity index (χ3v) is 5.43. The van der Waals surface area contributed by atoms with E-state index in [0.717, 1.165) is 6.07 Å². The number of nitrogens with zero attached hydrogens (tertiary/aromatic N) is 2. The lowest BCUT2D eigenvalue weighted by atomic mass is 9.80. The zero-order valence-electron chi connectivity index (χ0n) is 17.1. The average Bonchev–Trinajstić information content (AvgIpc) is 3.28. The molecule has 33 heavy (non-hydrogen) atoms. The number of Topliss-reactive ketones (excluding diaryl/α,β-unsaturated/α-hetero) is 1. The number of hydrogen-bond acceptors (Lipinski definition) is 6. The van der Waals surface area contributed by atoms with Gasteiger partial charge in [0.1, 0.15) is 18.3 Å². The molecule has 2 heterocycles.